The molecule has 0 spiro atoms. The average molecular weight is 325 g/mol. The van der Waals surface area contributed by atoms with Crippen LogP contribution in [0, 0.1) is 0 Å². The summed E-state index contributed by atoms with van der Waals surface area (Å²) in [7, 11) is 0. The first-order valence-corrected chi connectivity index (χ1v) is 8.41. The summed E-state index contributed by atoms with van der Waals surface area (Å²) >= 11 is 1.50. The van der Waals surface area contributed by atoms with Crippen LogP contribution in [-0.4, -0.2) is 49.7 Å². The zero-order valence-electron chi connectivity index (χ0n) is 13.4. The fourth-order valence-corrected chi connectivity index (χ4v) is 3.18. The van der Waals surface area contributed by atoms with Crippen molar-refractivity contribution in [3.63, 3.8) is 0 Å². The Morgan fingerprint density at radius 2 is 2.32 bits per heavy atom. The number of thioether (sulfide) groups is 1. The Kier molecular flexibility index (Phi) is 5.10. The van der Waals surface area contributed by atoms with Crippen molar-refractivity contribution in [1.29, 1.82) is 0 Å². The Labute approximate surface area is 134 Å². The molecule has 0 aliphatic carbocycles. The first-order valence-electron chi connectivity index (χ1n) is 7.42. The zero-order chi connectivity index (χ0) is 16.3. The van der Waals surface area contributed by atoms with Crippen LogP contribution >= 0.6 is 11.8 Å². The Bertz CT molecular complexity index is 555. The number of hydrogen-bond donors (Lipinski definition) is 2. The predicted molar refractivity (Wildman–Crippen MR) is 85.6 cm³/mol. The van der Waals surface area contributed by atoms with Gasteiger partial charge < -0.3 is 15.2 Å². The summed E-state index contributed by atoms with van der Waals surface area (Å²) < 4.78 is 1.51. The lowest BCUT2D eigenvalue weighted by Crippen LogP contribution is -2.57. The number of amides is 2. The highest BCUT2D eigenvalue weighted by Gasteiger charge is 2.37. The molecule has 22 heavy (non-hydrogen) atoms. The van der Waals surface area contributed by atoms with E-state index in [4.69, 9.17) is 0 Å². The van der Waals surface area contributed by atoms with Crippen LogP contribution in [0.4, 0.5) is 0 Å². The van der Waals surface area contributed by atoms with Crippen molar-refractivity contribution in [3.05, 3.63) is 12.2 Å². The number of hydrogen-bond acceptors (Lipinski definition) is 5. The van der Waals surface area contributed by atoms with Crippen LogP contribution in [-0.2, 0) is 16.0 Å². The van der Waals surface area contributed by atoms with Gasteiger partial charge in [-0.15, -0.1) is 22.0 Å². The average Bonchev–Trinajstić information content (AvgIpc) is 2.90. The maximum atomic E-state index is 12.1. The lowest BCUT2D eigenvalue weighted by Gasteiger charge is -2.32. The highest BCUT2D eigenvalue weighted by molar-refractivity contribution is 8.01. The fraction of sp³-hybridized carbons (Fsp3) is 0.714. The Balaban J connectivity index is 1.81. The molecule has 1 aliphatic heterocycles. The summed E-state index contributed by atoms with van der Waals surface area (Å²) in [5.41, 5.74) is 0. The molecule has 1 saturated heterocycles. The van der Waals surface area contributed by atoms with Gasteiger partial charge in [-0.3, -0.25) is 9.59 Å². The second-order valence-corrected chi connectivity index (χ2v) is 7.78. The van der Waals surface area contributed by atoms with Crippen LogP contribution in [0.1, 0.15) is 39.6 Å². The van der Waals surface area contributed by atoms with Crippen molar-refractivity contribution in [2.75, 3.05) is 12.3 Å². The maximum absolute atomic E-state index is 12.1. The number of carbonyl (C=O) groups excluding carboxylic acids is 2. The Hall–Kier alpha value is -1.57. The summed E-state index contributed by atoms with van der Waals surface area (Å²) in [6.45, 7) is 8.31. The first-order chi connectivity index (χ1) is 10.3. The number of nitrogens with zero attached hydrogens (tertiary/aromatic N) is 3. The highest BCUT2D eigenvalue weighted by atomic mass is 32.2. The number of rotatable bonds is 5. The van der Waals surface area contributed by atoms with E-state index in [1.807, 2.05) is 18.4 Å². The monoisotopic (exact) mass is 325 g/mol. The number of aromatic nitrogens is 3. The molecule has 1 aromatic heterocycles. The van der Waals surface area contributed by atoms with E-state index in [9.17, 15) is 9.59 Å². The second kappa shape index (κ2) is 6.68. The fourth-order valence-electron chi connectivity index (χ4n) is 2.17. The molecule has 0 radical (unpaired) electrons. The highest BCUT2D eigenvalue weighted by Crippen LogP contribution is 2.28. The standard InChI is InChI=1S/C14H23N5O2S/c1-9(2)19-8-16-18-11(19)5-6-15-12(20)10-7-22-14(3,4)13(21)17-10/h8-10H,5-7H2,1-4H3,(H,15,20)(H,17,21)/t10-/m0/s1. The van der Waals surface area contributed by atoms with Gasteiger partial charge in [-0.1, -0.05) is 0 Å². The smallest absolute Gasteiger partial charge is 0.243 e. The van der Waals surface area contributed by atoms with Crippen molar-refractivity contribution < 1.29 is 9.59 Å². The zero-order valence-corrected chi connectivity index (χ0v) is 14.2. The molecule has 2 rings (SSSR count). The maximum Gasteiger partial charge on any atom is 0.243 e. The molecule has 7 nitrogen and oxygen atoms in total. The van der Waals surface area contributed by atoms with Crippen molar-refractivity contribution in [2.45, 2.75) is 50.9 Å². The molecule has 0 aromatic carbocycles. The van der Waals surface area contributed by atoms with E-state index in [-0.39, 0.29) is 17.9 Å². The van der Waals surface area contributed by atoms with Gasteiger partial charge in [0.25, 0.3) is 0 Å². The molecular weight excluding hydrogens is 302 g/mol. The van der Waals surface area contributed by atoms with Gasteiger partial charge in [0.15, 0.2) is 0 Å². The molecule has 1 aromatic rings. The van der Waals surface area contributed by atoms with Crippen molar-refractivity contribution >= 4 is 23.6 Å². The van der Waals surface area contributed by atoms with Gasteiger partial charge >= 0.3 is 0 Å². The van der Waals surface area contributed by atoms with Gasteiger partial charge in [0.05, 0.1) is 4.75 Å². The Morgan fingerprint density at radius 3 is 2.95 bits per heavy atom. The molecule has 2 N–H and O–H groups in total. The summed E-state index contributed by atoms with van der Waals surface area (Å²) in [5.74, 6) is 1.20. The van der Waals surface area contributed by atoms with Crippen LogP contribution < -0.4 is 10.6 Å². The third kappa shape index (κ3) is 3.79. The minimum Gasteiger partial charge on any atom is -0.354 e. The van der Waals surface area contributed by atoms with E-state index >= 15 is 0 Å². The second-order valence-electron chi connectivity index (χ2n) is 6.14. The third-order valence-corrected chi connectivity index (χ3v) is 5.04. The van der Waals surface area contributed by atoms with Crippen molar-refractivity contribution in [1.82, 2.24) is 25.4 Å². The molecule has 1 aliphatic rings. The molecule has 0 unspecified atom stereocenters. The Morgan fingerprint density at radius 1 is 1.59 bits per heavy atom. The van der Waals surface area contributed by atoms with Gasteiger partial charge in [-0.25, -0.2) is 0 Å². The summed E-state index contributed by atoms with van der Waals surface area (Å²) in [6, 6.07) is -0.176. The first kappa shape index (κ1) is 16.8. The molecule has 1 atom stereocenters. The van der Waals surface area contributed by atoms with E-state index in [0.29, 0.717) is 18.7 Å². The largest absolute Gasteiger partial charge is 0.354 e. The molecule has 2 heterocycles. The minimum absolute atomic E-state index is 0.0940. The minimum atomic E-state index is -0.468. The van der Waals surface area contributed by atoms with Crippen LogP contribution in [0.25, 0.3) is 0 Å². The third-order valence-electron chi connectivity index (χ3n) is 3.63. The van der Waals surface area contributed by atoms with Gasteiger partial charge in [0.1, 0.15) is 18.2 Å². The van der Waals surface area contributed by atoms with Gasteiger partial charge in [-0.2, -0.15) is 0 Å². The quantitative estimate of drug-likeness (QED) is 0.824. The van der Waals surface area contributed by atoms with E-state index < -0.39 is 10.8 Å². The van der Waals surface area contributed by atoms with Crippen LogP contribution in [0.3, 0.4) is 0 Å². The molecule has 0 saturated carbocycles. The topological polar surface area (TPSA) is 88.9 Å². The lowest BCUT2D eigenvalue weighted by molar-refractivity contribution is -0.129. The summed E-state index contributed by atoms with van der Waals surface area (Å²) in [5, 5.41) is 13.6. The molecule has 1 fully saturated rings. The van der Waals surface area contributed by atoms with Crippen molar-refractivity contribution in [2.24, 2.45) is 0 Å². The number of carbonyl (C=O) groups is 2. The van der Waals surface area contributed by atoms with E-state index in [1.165, 1.54) is 11.8 Å². The predicted octanol–water partition coefficient (Wildman–Crippen LogP) is 0.528. The lowest BCUT2D eigenvalue weighted by atomic mass is 10.1. The SMILES string of the molecule is CC(C)n1cnnc1CCNC(=O)[C@@H]1CSC(C)(C)C(=O)N1. The molecular formula is C14H23N5O2S. The van der Waals surface area contributed by atoms with E-state index in [0.717, 1.165) is 5.82 Å². The van der Waals surface area contributed by atoms with E-state index in [1.54, 1.807) is 6.33 Å². The van der Waals surface area contributed by atoms with Crippen LogP contribution in [0.5, 0.6) is 0 Å². The normalized spacial score (nSPS) is 20.8. The van der Waals surface area contributed by atoms with Gasteiger partial charge in [-0.05, 0) is 27.7 Å². The van der Waals surface area contributed by atoms with Crippen LogP contribution in [0.2, 0.25) is 0 Å². The summed E-state index contributed by atoms with van der Waals surface area (Å²) in [6.07, 6.45) is 2.31. The molecule has 2 amide bonds. The molecule has 122 valence electrons. The van der Waals surface area contributed by atoms with Crippen molar-refractivity contribution in [3.8, 4) is 0 Å². The summed E-state index contributed by atoms with van der Waals surface area (Å²) in [4.78, 5) is 24.0. The van der Waals surface area contributed by atoms with Crippen LogP contribution in [0.15, 0.2) is 6.33 Å². The molecule has 8 heteroatoms. The van der Waals surface area contributed by atoms with Gasteiger partial charge in [0, 0.05) is 24.8 Å². The van der Waals surface area contributed by atoms with Gasteiger partial charge in [0.2, 0.25) is 11.8 Å². The van der Waals surface area contributed by atoms with E-state index in [2.05, 4.69) is 34.7 Å². The molecule has 0 bridgehead atoms. The number of nitrogens with one attached hydrogen (secondary N) is 2.